The minimum atomic E-state index is 0.828. The maximum Gasteiger partial charge on any atom is 0.119 e. The van der Waals surface area contributed by atoms with Gasteiger partial charge in [-0.2, -0.15) is 0 Å². The Morgan fingerprint density at radius 1 is 1.22 bits per heavy atom. The standard InChI is InChI=1S/C16H19NO/c1-18-14-7-6-13-8-9-17-16(15(13)11-14)10-12-4-2-3-5-12/h6-9,11-12H,2-5,10H2,1H3. The minimum absolute atomic E-state index is 0.828. The van der Waals surface area contributed by atoms with Crippen LogP contribution in [0.4, 0.5) is 0 Å². The summed E-state index contributed by atoms with van der Waals surface area (Å²) in [5.74, 6) is 1.75. The van der Waals surface area contributed by atoms with E-state index in [1.165, 1.54) is 42.1 Å². The van der Waals surface area contributed by atoms with Crippen LogP contribution >= 0.6 is 0 Å². The van der Waals surface area contributed by atoms with E-state index in [0.717, 1.165) is 18.1 Å². The van der Waals surface area contributed by atoms with Crippen LogP contribution in [0.1, 0.15) is 31.4 Å². The fourth-order valence-corrected chi connectivity index (χ4v) is 2.99. The van der Waals surface area contributed by atoms with Gasteiger partial charge in [0.1, 0.15) is 5.75 Å². The maximum absolute atomic E-state index is 5.32. The van der Waals surface area contributed by atoms with Crippen molar-refractivity contribution < 1.29 is 4.74 Å². The number of pyridine rings is 1. The molecule has 1 aliphatic rings. The van der Waals surface area contributed by atoms with Gasteiger partial charge in [-0.1, -0.05) is 31.7 Å². The second kappa shape index (κ2) is 4.97. The normalized spacial score (nSPS) is 16.3. The van der Waals surface area contributed by atoms with Gasteiger partial charge in [0, 0.05) is 17.3 Å². The molecule has 94 valence electrons. The molecule has 1 fully saturated rings. The van der Waals surface area contributed by atoms with E-state index in [2.05, 4.69) is 23.2 Å². The number of benzene rings is 1. The maximum atomic E-state index is 5.32. The van der Waals surface area contributed by atoms with Crippen LogP contribution in [0.15, 0.2) is 30.5 Å². The Balaban J connectivity index is 1.98. The largest absolute Gasteiger partial charge is 0.497 e. The highest BCUT2D eigenvalue weighted by atomic mass is 16.5. The van der Waals surface area contributed by atoms with Gasteiger partial charge >= 0.3 is 0 Å². The van der Waals surface area contributed by atoms with E-state index in [9.17, 15) is 0 Å². The predicted octanol–water partition coefficient (Wildman–Crippen LogP) is 3.98. The van der Waals surface area contributed by atoms with E-state index >= 15 is 0 Å². The average molecular weight is 241 g/mol. The van der Waals surface area contributed by atoms with Gasteiger partial charge in [-0.15, -0.1) is 0 Å². The molecule has 0 amide bonds. The summed E-state index contributed by atoms with van der Waals surface area (Å²) in [5.41, 5.74) is 1.23. The van der Waals surface area contributed by atoms with Crippen LogP contribution in [0.3, 0.4) is 0 Å². The third-order valence-corrected chi connectivity index (χ3v) is 4.01. The molecule has 1 saturated carbocycles. The van der Waals surface area contributed by atoms with Crippen molar-refractivity contribution in [3.05, 3.63) is 36.2 Å². The number of hydrogen-bond acceptors (Lipinski definition) is 2. The zero-order chi connectivity index (χ0) is 12.4. The monoisotopic (exact) mass is 241 g/mol. The molecule has 0 atom stereocenters. The summed E-state index contributed by atoms with van der Waals surface area (Å²) >= 11 is 0. The van der Waals surface area contributed by atoms with E-state index in [1.54, 1.807) is 7.11 Å². The topological polar surface area (TPSA) is 22.1 Å². The summed E-state index contributed by atoms with van der Waals surface area (Å²) < 4.78 is 5.32. The zero-order valence-electron chi connectivity index (χ0n) is 10.9. The summed E-state index contributed by atoms with van der Waals surface area (Å²) in [6.45, 7) is 0. The number of methoxy groups -OCH3 is 1. The van der Waals surface area contributed by atoms with Crippen molar-refractivity contribution in [2.24, 2.45) is 5.92 Å². The van der Waals surface area contributed by atoms with Gasteiger partial charge in [0.25, 0.3) is 0 Å². The zero-order valence-corrected chi connectivity index (χ0v) is 10.9. The quantitative estimate of drug-likeness (QED) is 0.811. The fourth-order valence-electron chi connectivity index (χ4n) is 2.99. The lowest BCUT2D eigenvalue weighted by Crippen LogP contribution is -2.01. The van der Waals surface area contributed by atoms with Crippen molar-refractivity contribution in [3.63, 3.8) is 0 Å². The van der Waals surface area contributed by atoms with Crippen molar-refractivity contribution in [1.82, 2.24) is 4.98 Å². The van der Waals surface area contributed by atoms with Crippen LogP contribution in [-0.4, -0.2) is 12.1 Å². The van der Waals surface area contributed by atoms with Crippen molar-refractivity contribution in [2.45, 2.75) is 32.1 Å². The number of ether oxygens (including phenoxy) is 1. The van der Waals surface area contributed by atoms with Gasteiger partial charge in [-0.05, 0) is 35.9 Å². The first-order valence-electron chi connectivity index (χ1n) is 6.78. The Labute approximate surface area is 108 Å². The Morgan fingerprint density at radius 2 is 2.06 bits per heavy atom. The van der Waals surface area contributed by atoms with Crippen LogP contribution in [0.2, 0.25) is 0 Å². The van der Waals surface area contributed by atoms with Crippen LogP contribution in [-0.2, 0) is 6.42 Å². The highest BCUT2D eigenvalue weighted by Crippen LogP contribution is 2.30. The number of aromatic nitrogens is 1. The van der Waals surface area contributed by atoms with Crippen molar-refractivity contribution in [2.75, 3.05) is 7.11 Å². The lowest BCUT2D eigenvalue weighted by atomic mass is 9.98. The molecule has 2 heteroatoms. The fraction of sp³-hybridized carbons (Fsp3) is 0.438. The number of nitrogens with zero attached hydrogens (tertiary/aromatic N) is 1. The minimum Gasteiger partial charge on any atom is -0.497 e. The molecular weight excluding hydrogens is 222 g/mol. The summed E-state index contributed by atoms with van der Waals surface area (Å²) in [6, 6.07) is 8.33. The molecule has 1 aromatic heterocycles. The Kier molecular flexibility index (Phi) is 3.18. The molecule has 0 spiro atoms. The smallest absolute Gasteiger partial charge is 0.119 e. The van der Waals surface area contributed by atoms with E-state index in [-0.39, 0.29) is 0 Å². The van der Waals surface area contributed by atoms with Crippen molar-refractivity contribution >= 4 is 10.8 Å². The third kappa shape index (κ3) is 2.20. The predicted molar refractivity (Wildman–Crippen MR) is 74.0 cm³/mol. The van der Waals surface area contributed by atoms with E-state index in [4.69, 9.17) is 4.74 Å². The first kappa shape index (κ1) is 11.5. The number of rotatable bonds is 3. The number of hydrogen-bond donors (Lipinski definition) is 0. The van der Waals surface area contributed by atoms with Crippen LogP contribution in [0.5, 0.6) is 5.75 Å². The Morgan fingerprint density at radius 3 is 2.83 bits per heavy atom. The molecule has 2 nitrogen and oxygen atoms in total. The van der Waals surface area contributed by atoms with E-state index in [0.29, 0.717) is 0 Å². The average Bonchev–Trinajstić information content (AvgIpc) is 2.91. The van der Waals surface area contributed by atoms with Gasteiger partial charge in [0.05, 0.1) is 7.11 Å². The molecule has 0 unspecified atom stereocenters. The third-order valence-electron chi connectivity index (χ3n) is 4.01. The highest BCUT2D eigenvalue weighted by molar-refractivity contribution is 5.85. The van der Waals surface area contributed by atoms with Gasteiger partial charge in [-0.25, -0.2) is 0 Å². The molecule has 0 saturated heterocycles. The Bertz CT molecular complexity index is 544. The second-order valence-corrected chi connectivity index (χ2v) is 5.20. The molecule has 0 N–H and O–H groups in total. The van der Waals surface area contributed by atoms with Crippen LogP contribution < -0.4 is 4.74 Å². The number of fused-ring (bicyclic) bond motifs is 1. The summed E-state index contributed by atoms with van der Waals surface area (Å²) in [4.78, 5) is 4.59. The molecule has 1 aromatic carbocycles. The lowest BCUT2D eigenvalue weighted by Gasteiger charge is -2.11. The van der Waals surface area contributed by atoms with E-state index < -0.39 is 0 Å². The molecule has 1 aliphatic carbocycles. The molecule has 0 radical (unpaired) electrons. The molecular formula is C16H19NO. The molecule has 3 rings (SSSR count). The molecule has 2 aromatic rings. The van der Waals surface area contributed by atoms with Gasteiger partial charge < -0.3 is 4.74 Å². The van der Waals surface area contributed by atoms with Gasteiger partial charge in [-0.3, -0.25) is 4.98 Å². The first-order valence-corrected chi connectivity index (χ1v) is 6.78. The summed E-state index contributed by atoms with van der Waals surface area (Å²) in [7, 11) is 1.72. The van der Waals surface area contributed by atoms with Crippen molar-refractivity contribution in [3.8, 4) is 5.75 Å². The summed E-state index contributed by atoms with van der Waals surface area (Å²) in [6.07, 6.45) is 8.55. The van der Waals surface area contributed by atoms with Gasteiger partial charge in [0.2, 0.25) is 0 Å². The SMILES string of the molecule is COc1ccc2ccnc(CC3CCCC3)c2c1. The lowest BCUT2D eigenvalue weighted by molar-refractivity contribution is 0.415. The van der Waals surface area contributed by atoms with Crippen LogP contribution in [0, 0.1) is 5.92 Å². The van der Waals surface area contributed by atoms with E-state index in [1.807, 2.05) is 12.3 Å². The molecule has 18 heavy (non-hydrogen) atoms. The summed E-state index contributed by atoms with van der Waals surface area (Å²) in [5, 5.41) is 2.52. The first-order chi connectivity index (χ1) is 8.86. The van der Waals surface area contributed by atoms with Gasteiger partial charge in [0.15, 0.2) is 0 Å². The molecule has 1 heterocycles. The highest BCUT2D eigenvalue weighted by Gasteiger charge is 2.17. The molecule has 0 bridgehead atoms. The molecule has 0 aliphatic heterocycles. The van der Waals surface area contributed by atoms with Crippen molar-refractivity contribution in [1.29, 1.82) is 0 Å². The Hall–Kier alpha value is -1.57. The second-order valence-electron chi connectivity index (χ2n) is 5.20. The van der Waals surface area contributed by atoms with Crippen LogP contribution in [0.25, 0.3) is 10.8 Å².